The Morgan fingerprint density at radius 1 is 1.26 bits per heavy atom. The largest absolute Gasteiger partial charge is 0.478 e. The normalized spacial score (nSPS) is 14.8. The first kappa shape index (κ1) is 11.7. The molecule has 1 aromatic heterocycles. The number of anilines is 1. The van der Waals surface area contributed by atoms with Crippen LogP contribution >= 0.6 is 0 Å². The number of carboxylic acids is 1. The molecule has 0 fully saturated rings. The van der Waals surface area contributed by atoms with Crippen molar-refractivity contribution >= 4 is 22.7 Å². The highest BCUT2D eigenvalue weighted by Crippen LogP contribution is 2.24. The standard InChI is InChI=1S/C15H14N2O2/c18-15(19)12-10-11-6-2-3-7-13(11)16-14(12)17-8-4-1-5-9-17/h1-4,6-7,10H,5,8-9H2,(H,18,19). The average Bonchev–Trinajstić information content (AvgIpc) is 2.46. The molecule has 0 atom stereocenters. The number of benzene rings is 1. The second-order valence-corrected chi connectivity index (χ2v) is 4.56. The summed E-state index contributed by atoms with van der Waals surface area (Å²) in [5.41, 5.74) is 1.10. The molecule has 96 valence electrons. The van der Waals surface area contributed by atoms with Gasteiger partial charge < -0.3 is 10.0 Å². The molecule has 1 N–H and O–H groups in total. The van der Waals surface area contributed by atoms with Crippen LogP contribution in [0.5, 0.6) is 0 Å². The number of aromatic carboxylic acids is 1. The van der Waals surface area contributed by atoms with Gasteiger partial charge in [0.1, 0.15) is 11.4 Å². The Morgan fingerprint density at radius 3 is 2.84 bits per heavy atom. The van der Waals surface area contributed by atoms with E-state index in [0.717, 1.165) is 23.9 Å². The molecule has 4 nitrogen and oxygen atoms in total. The van der Waals surface area contributed by atoms with E-state index in [2.05, 4.69) is 11.1 Å². The molecule has 0 unspecified atom stereocenters. The number of hydrogen-bond donors (Lipinski definition) is 1. The summed E-state index contributed by atoms with van der Waals surface area (Å²) in [7, 11) is 0. The first-order valence-corrected chi connectivity index (χ1v) is 6.29. The summed E-state index contributed by atoms with van der Waals surface area (Å²) in [6.07, 6.45) is 5.08. The topological polar surface area (TPSA) is 53.4 Å². The van der Waals surface area contributed by atoms with E-state index in [9.17, 15) is 9.90 Å². The SMILES string of the molecule is O=C(O)c1cc2ccccc2nc1N1CC=CCC1. The van der Waals surface area contributed by atoms with Gasteiger partial charge in [-0.15, -0.1) is 0 Å². The quantitative estimate of drug-likeness (QED) is 0.837. The van der Waals surface area contributed by atoms with Gasteiger partial charge in [-0.2, -0.15) is 0 Å². The minimum Gasteiger partial charge on any atom is -0.478 e. The summed E-state index contributed by atoms with van der Waals surface area (Å²) in [4.78, 5) is 18.0. The van der Waals surface area contributed by atoms with E-state index in [1.165, 1.54) is 0 Å². The van der Waals surface area contributed by atoms with E-state index >= 15 is 0 Å². The van der Waals surface area contributed by atoms with Crippen LogP contribution in [-0.4, -0.2) is 29.1 Å². The minimum atomic E-state index is -0.928. The van der Waals surface area contributed by atoms with E-state index in [0.29, 0.717) is 12.4 Å². The fourth-order valence-corrected chi connectivity index (χ4v) is 2.34. The Bertz CT molecular complexity index is 664. The van der Waals surface area contributed by atoms with Gasteiger partial charge in [0.2, 0.25) is 0 Å². The molecule has 2 heterocycles. The van der Waals surface area contributed by atoms with Crippen molar-refractivity contribution in [2.24, 2.45) is 0 Å². The van der Waals surface area contributed by atoms with E-state index in [4.69, 9.17) is 0 Å². The Labute approximate surface area is 111 Å². The predicted molar refractivity (Wildman–Crippen MR) is 74.7 cm³/mol. The molecule has 0 amide bonds. The lowest BCUT2D eigenvalue weighted by molar-refractivity contribution is 0.0697. The Balaban J connectivity index is 2.17. The fraction of sp³-hybridized carbons (Fsp3) is 0.200. The smallest absolute Gasteiger partial charge is 0.339 e. The van der Waals surface area contributed by atoms with Gasteiger partial charge in [-0.25, -0.2) is 9.78 Å². The van der Waals surface area contributed by atoms with Crippen LogP contribution in [0.15, 0.2) is 42.5 Å². The Morgan fingerprint density at radius 2 is 2.11 bits per heavy atom. The molecule has 1 aromatic carbocycles. The summed E-state index contributed by atoms with van der Waals surface area (Å²) >= 11 is 0. The lowest BCUT2D eigenvalue weighted by Gasteiger charge is -2.26. The number of hydrogen-bond acceptors (Lipinski definition) is 3. The second kappa shape index (κ2) is 4.72. The number of carbonyl (C=O) groups is 1. The van der Waals surface area contributed by atoms with Gasteiger partial charge in [-0.1, -0.05) is 30.4 Å². The van der Waals surface area contributed by atoms with Gasteiger partial charge in [0.15, 0.2) is 0 Å². The monoisotopic (exact) mass is 254 g/mol. The maximum Gasteiger partial charge on any atom is 0.339 e. The van der Waals surface area contributed by atoms with Crippen LogP contribution in [0.3, 0.4) is 0 Å². The Hall–Kier alpha value is -2.36. The highest BCUT2D eigenvalue weighted by Gasteiger charge is 2.19. The van der Waals surface area contributed by atoms with E-state index in [1.54, 1.807) is 6.07 Å². The fourth-order valence-electron chi connectivity index (χ4n) is 2.34. The summed E-state index contributed by atoms with van der Waals surface area (Å²) in [5.74, 6) is -0.363. The van der Waals surface area contributed by atoms with Gasteiger partial charge >= 0.3 is 5.97 Å². The highest BCUT2D eigenvalue weighted by molar-refractivity contribution is 5.98. The summed E-state index contributed by atoms with van der Waals surface area (Å²) < 4.78 is 0. The maximum absolute atomic E-state index is 11.4. The number of carboxylic acid groups (broad SMARTS) is 1. The van der Waals surface area contributed by atoms with Crippen molar-refractivity contribution in [3.63, 3.8) is 0 Å². The van der Waals surface area contributed by atoms with Crippen molar-refractivity contribution in [2.45, 2.75) is 6.42 Å². The summed E-state index contributed by atoms with van der Waals surface area (Å²) in [6.45, 7) is 1.52. The molecule has 0 saturated heterocycles. The number of para-hydroxylation sites is 1. The number of pyridine rings is 1. The van der Waals surface area contributed by atoms with Crippen molar-refractivity contribution in [1.29, 1.82) is 0 Å². The zero-order valence-corrected chi connectivity index (χ0v) is 10.4. The molecule has 0 spiro atoms. The molecule has 19 heavy (non-hydrogen) atoms. The molecular weight excluding hydrogens is 240 g/mol. The summed E-state index contributed by atoms with van der Waals surface area (Å²) in [6, 6.07) is 9.30. The zero-order chi connectivity index (χ0) is 13.2. The second-order valence-electron chi connectivity index (χ2n) is 4.56. The number of aromatic nitrogens is 1. The van der Waals surface area contributed by atoms with Crippen LogP contribution in [0.2, 0.25) is 0 Å². The average molecular weight is 254 g/mol. The molecule has 1 aliphatic heterocycles. The van der Waals surface area contributed by atoms with E-state index in [-0.39, 0.29) is 5.56 Å². The van der Waals surface area contributed by atoms with E-state index < -0.39 is 5.97 Å². The van der Waals surface area contributed by atoms with Gasteiger partial charge in [-0.05, 0) is 18.6 Å². The first-order valence-electron chi connectivity index (χ1n) is 6.29. The predicted octanol–water partition coefficient (Wildman–Crippen LogP) is 2.70. The van der Waals surface area contributed by atoms with Crippen molar-refractivity contribution in [3.05, 3.63) is 48.0 Å². The van der Waals surface area contributed by atoms with Gasteiger partial charge in [0, 0.05) is 18.5 Å². The van der Waals surface area contributed by atoms with Crippen LogP contribution in [0, 0.1) is 0 Å². The molecule has 0 saturated carbocycles. The third kappa shape index (κ3) is 2.17. The minimum absolute atomic E-state index is 0.272. The van der Waals surface area contributed by atoms with Crippen LogP contribution in [0.1, 0.15) is 16.8 Å². The van der Waals surface area contributed by atoms with Gasteiger partial charge in [0.05, 0.1) is 5.52 Å². The molecule has 3 rings (SSSR count). The zero-order valence-electron chi connectivity index (χ0n) is 10.4. The molecule has 0 bridgehead atoms. The first-order chi connectivity index (χ1) is 9.25. The van der Waals surface area contributed by atoms with Crippen LogP contribution in [-0.2, 0) is 0 Å². The van der Waals surface area contributed by atoms with Gasteiger partial charge in [0.25, 0.3) is 0 Å². The number of nitrogens with zero attached hydrogens (tertiary/aromatic N) is 2. The summed E-state index contributed by atoms with van der Waals surface area (Å²) in [5, 5.41) is 10.2. The lowest BCUT2D eigenvalue weighted by atomic mass is 10.1. The molecular formula is C15H14N2O2. The van der Waals surface area contributed by atoms with Crippen molar-refractivity contribution in [2.75, 3.05) is 18.0 Å². The highest BCUT2D eigenvalue weighted by atomic mass is 16.4. The van der Waals surface area contributed by atoms with Gasteiger partial charge in [-0.3, -0.25) is 0 Å². The lowest BCUT2D eigenvalue weighted by Crippen LogP contribution is -2.29. The molecule has 4 heteroatoms. The third-order valence-electron chi connectivity index (χ3n) is 3.29. The van der Waals surface area contributed by atoms with Crippen LogP contribution in [0.4, 0.5) is 5.82 Å². The van der Waals surface area contributed by atoms with Crippen molar-refractivity contribution in [3.8, 4) is 0 Å². The molecule has 2 aromatic rings. The van der Waals surface area contributed by atoms with Crippen LogP contribution in [0.25, 0.3) is 10.9 Å². The Kier molecular flexibility index (Phi) is 2.91. The van der Waals surface area contributed by atoms with Crippen LogP contribution < -0.4 is 4.90 Å². The number of rotatable bonds is 2. The number of fused-ring (bicyclic) bond motifs is 1. The van der Waals surface area contributed by atoms with Crippen molar-refractivity contribution < 1.29 is 9.90 Å². The third-order valence-corrected chi connectivity index (χ3v) is 3.29. The van der Waals surface area contributed by atoms with E-state index in [1.807, 2.05) is 35.2 Å². The molecule has 1 aliphatic rings. The van der Waals surface area contributed by atoms with Crippen molar-refractivity contribution in [1.82, 2.24) is 4.98 Å². The maximum atomic E-state index is 11.4. The molecule has 0 radical (unpaired) electrons. The molecule has 0 aliphatic carbocycles.